The molecule has 1 aromatic heterocycles. The average molecular weight is 388 g/mol. The van der Waals surface area contributed by atoms with Gasteiger partial charge in [-0.3, -0.25) is 14.9 Å². The first-order valence-electron chi connectivity index (χ1n) is 7.19. The Bertz CT molecular complexity index is 980. The SMILES string of the molecule is Cc1ccc(/C=C2/SC(=S)N(/N=C\c3cc([N+](=O)[O-])ccc3[O-])C2=O)o1. The summed E-state index contributed by atoms with van der Waals surface area (Å²) in [4.78, 5) is 22.9. The van der Waals surface area contributed by atoms with Gasteiger partial charge in [-0.1, -0.05) is 23.6 Å². The number of benzene rings is 1. The monoisotopic (exact) mass is 388 g/mol. The Balaban J connectivity index is 1.84. The number of hydrogen-bond donors (Lipinski definition) is 0. The van der Waals surface area contributed by atoms with Crippen molar-refractivity contribution in [2.24, 2.45) is 5.10 Å². The average Bonchev–Trinajstić information content (AvgIpc) is 3.11. The molecule has 1 aromatic carbocycles. The van der Waals surface area contributed by atoms with Gasteiger partial charge >= 0.3 is 0 Å². The highest BCUT2D eigenvalue weighted by Gasteiger charge is 2.32. The summed E-state index contributed by atoms with van der Waals surface area (Å²) in [6.07, 6.45) is 2.63. The van der Waals surface area contributed by atoms with Crippen LogP contribution in [0, 0.1) is 17.0 Å². The van der Waals surface area contributed by atoms with Gasteiger partial charge in [0, 0.05) is 18.2 Å². The second-order valence-electron chi connectivity index (χ2n) is 5.17. The fraction of sp³-hybridized carbons (Fsp3) is 0.0625. The molecule has 0 unspecified atom stereocenters. The molecule has 0 N–H and O–H groups in total. The molecule has 2 heterocycles. The first-order valence-corrected chi connectivity index (χ1v) is 8.41. The molecule has 8 nitrogen and oxygen atoms in total. The van der Waals surface area contributed by atoms with Gasteiger partial charge in [0.15, 0.2) is 4.32 Å². The van der Waals surface area contributed by atoms with E-state index in [1.807, 2.05) is 0 Å². The van der Waals surface area contributed by atoms with E-state index in [9.17, 15) is 20.0 Å². The number of carbonyl (C=O) groups excluding carboxylic acids is 1. The van der Waals surface area contributed by atoms with Crippen LogP contribution in [0.4, 0.5) is 5.69 Å². The predicted octanol–water partition coefficient (Wildman–Crippen LogP) is 2.81. The topological polar surface area (TPSA) is 112 Å². The van der Waals surface area contributed by atoms with Crippen molar-refractivity contribution in [3.63, 3.8) is 0 Å². The molecule has 0 bridgehead atoms. The van der Waals surface area contributed by atoms with Gasteiger partial charge in [-0.25, -0.2) is 0 Å². The normalized spacial score (nSPS) is 16.2. The van der Waals surface area contributed by atoms with Gasteiger partial charge in [0.2, 0.25) is 0 Å². The number of carbonyl (C=O) groups is 1. The molecule has 1 fully saturated rings. The summed E-state index contributed by atoms with van der Waals surface area (Å²) in [6.45, 7) is 1.78. The van der Waals surface area contributed by atoms with Gasteiger partial charge in [-0.05, 0) is 36.8 Å². The third kappa shape index (κ3) is 3.65. The Kier molecular flexibility index (Phi) is 4.87. The molecular formula is C16H10N3O5S2-. The molecule has 0 spiro atoms. The van der Waals surface area contributed by atoms with E-state index < -0.39 is 16.6 Å². The molecule has 1 saturated heterocycles. The van der Waals surface area contributed by atoms with Crippen LogP contribution >= 0.6 is 24.0 Å². The minimum absolute atomic E-state index is 0.0149. The van der Waals surface area contributed by atoms with Gasteiger partial charge in [0.25, 0.3) is 11.6 Å². The number of rotatable bonds is 4. The molecule has 26 heavy (non-hydrogen) atoms. The molecule has 2 aromatic rings. The Hall–Kier alpha value is -2.98. The molecular weight excluding hydrogens is 378 g/mol. The molecule has 0 aliphatic carbocycles. The smallest absolute Gasteiger partial charge is 0.286 e. The van der Waals surface area contributed by atoms with Crippen molar-refractivity contribution in [1.82, 2.24) is 5.01 Å². The van der Waals surface area contributed by atoms with Crippen molar-refractivity contribution in [2.45, 2.75) is 6.92 Å². The van der Waals surface area contributed by atoms with Crippen LogP contribution in [0.15, 0.2) is 44.8 Å². The third-order valence-electron chi connectivity index (χ3n) is 3.32. The summed E-state index contributed by atoms with van der Waals surface area (Å²) in [5.41, 5.74) is -0.261. The highest BCUT2D eigenvalue weighted by Crippen LogP contribution is 2.33. The molecule has 0 saturated carbocycles. The predicted molar refractivity (Wildman–Crippen MR) is 98.6 cm³/mol. The Labute approximate surface area is 156 Å². The van der Waals surface area contributed by atoms with Crippen LogP contribution in [0.25, 0.3) is 6.08 Å². The van der Waals surface area contributed by atoms with E-state index >= 15 is 0 Å². The molecule has 132 valence electrons. The molecule has 0 atom stereocenters. The summed E-state index contributed by atoms with van der Waals surface area (Å²) in [6, 6.07) is 6.75. The number of aryl methyl sites for hydroxylation is 1. The second kappa shape index (κ2) is 7.10. The van der Waals surface area contributed by atoms with E-state index in [0.717, 1.165) is 41.2 Å². The van der Waals surface area contributed by atoms with Gasteiger partial charge in [-0.2, -0.15) is 10.1 Å². The Morgan fingerprint density at radius 1 is 1.35 bits per heavy atom. The highest BCUT2D eigenvalue weighted by atomic mass is 32.2. The zero-order valence-corrected chi connectivity index (χ0v) is 14.9. The number of thioether (sulfide) groups is 1. The zero-order chi connectivity index (χ0) is 18.8. The number of amides is 1. The van der Waals surface area contributed by atoms with Crippen LogP contribution in [-0.2, 0) is 4.79 Å². The lowest BCUT2D eigenvalue weighted by Gasteiger charge is -2.10. The maximum absolute atomic E-state index is 12.4. The van der Waals surface area contributed by atoms with E-state index in [4.69, 9.17) is 16.6 Å². The zero-order valence-electron chi connectivity index (χ0n) is 13.2. The van der Waals surface area contributed by atoms with Crippen LogP contribution in [0.1, 0.15) is 17.1 Å². The summed E-state index contributed by atoms with van der Waals surface area (Å²) in [5, 5.41) is 27.5. The van der Waals surface area contributed by atoms with E-state index in [-0.39, 0.29) is 15.6 Å². The third-order valence-corrected chi connectivity index (χ3v) is 4.61. The van der Waals surface area contributed by atoms with E-state index in [1.165, 1.54) is 0 Å². The molecule has 1 aliphatic rings. The van der Waals surface area contributed by atoms with Crippen molar-refractivity contribution >= 4 is 52.2 Å². The largest absolute Gasteiger partial charge is 0.872 e. The van der Waals surface area contributed by atoms with Crippen LogP contribution in [-0.4, -0.2) is 26.4 Å². The number of non-ortho nitro benzene ring substituents is 1. The van der Waals surface area contributed by atoms with Crippen molar-refractivity contribution < 1.29 is 19.2 Å². The minimum Gasteiger partial charge on any atom is -0.872 e. The van der Waals surface area contributed by atoms with Crippen molar-refractivity contribution in [3.8, 4) is 5.75 Å². The quantitative estimate of drug-likeness (QED) is 0.260. The van der Waals surface area contributed by atoms with Crippen molar-refractivity contribution in [1.29, 1.82) is 0 Å². The lowest BCUT2D eigenvalue weighted by molar-refractivity contribution is -0.385. The lowest BCUT2D eigenvalue weighted by Crippen LogP contribution is -2.22. The van der Waals surface area contributed by atoms with Gasteiger partial charge < -0.3 is 9.52 Å². The first-order chi connectivity index (χ1) is 12.3. The highest BCUT2D eigenvalue weighted by molar-refractivity contribution is 8.26. The van der Waals surface area contributed by atoms with Crippen LogP contribution < -0.4 is 5.11 Å². The van der Waals surface area contributed by atoms with Gasteiger partial charge in [-0.15, -0.1) is 0 Å². The maximum atomic E-state index is 12.4. The number of furan rings is 1. The van der Waals surface area contributed by atoms with Gasteiger partial charge in [0.1, 0.15) is 11.5 Å². The molecule has 1 aliphatic heterocycles. The van der Waals surface area contributed by atoms with Crippen LogP contribution in [0.5, 0.6) is 5.75 Å². The van der Waals surface area contributed by atoms with Crippen LogP contribution in [0.2, 0.25) is 0 Å². The number of hydrazone groups is 1. The summed E-state index contributed by atoms with van der Waals surface area (Å²) < 4.78 is 5.58. The minimum atomic E-state index is -0.621. The van der Waals surface area contributed by atoms with Crippen molar-refractivity contribution in [2.75, 3.05) is 0 Å². The summed E-state index contributed by atoms with van der Waals surface area (Å²) in [5.74, 6) is 0.292. The first kappa shape index (κ1) is 17.8. The van der Waals surface area contributed by atoms with Crippen molar-refractivity contribution in [3.05, 3.63) is 62.4 Å². The number of nitro benzene ring substituents is 1. The molecule has 10 heteroatoms. The maximum Gasteiger partial charge on any atom is 0.286 e. The standard InChI is InChI=1S/C16H11N3O5S2/c1-9-2-4-12(24-9)7-14-15(21)18(16(25)26-14)17-8-10-6-11(19(22)23)3-5-13(10)20/h2-8,20H,1H3/p-1/b14-7+,17-8-. The molecule has 1 amide bonds. The molecule has 0 radical (unpaired) electrons. The summed E-state index contributed by atoms with van der Waals surface area (Å²) >= 11 is 6.17. The number of hydrogen-bond acceptors (Lipinski definition) is 8. The van der Waals surface area contributed by atoms with E-state index in [2.05, 4.69) is 5.10 Å². The number of nitrogens with zero attached hydrogens (tertiary/aromatic N) is 3. The number of thiocarbonyl (C=S) groups is 1. The van der Waals surface area contributed by atoms with E-state index in [1.54, 1.807) is 25.1 Å². The van der Waals surface area contributed by atoms with Crippen LogP contribution in [0.3, 0.4) is 0 Å². The molecule has 3 rings (SSSR count). The fourth-order valence-corrected chi connectivity index (χ4v) is 3.24. The Morgan fingerprint density at radius 3 is 2.77 bits per heavy atom. The number of nitro groups is 1. The lowest BCUT2D eigenvalue weighted by atomic mass is 10.2. The summed E-state index contributed by atoms with van der Waals surface area (Å²) in [7, 11) is 0. The van der Waals surface area contributed by atoms with Gasteiger partial charge in [0.05, 0.1) is 16.0 Å². The Morgan fingerprint density at radius 2 is 2.12 bits per heavy atom. The second-order valence-corrected chi connectivity index (χ2v) is 6.84. The fourth-order valence-electron chi connectivity index (χ4n) is 2.09. The van der Waals surface area contributed by atoms with E-state index in [0.29, 0.717) is 16.4 Å².